The number of amides is 2. The Labute approximate surface area is 111 Å². The van der Waals surface area contributed by atoms with Gasteiger partial charge in [0.05, 0.1) is 13.2 Å². The van der Waals surface area contributed by atoms with Crippen LogP contribution in [0.4, 0.5) is 0 Å². The number of hydrogen-bond acceptors (Lipinski definition) is 6. The van der Waals surface area contributed by atoms with Crippen molar-refractivity contribution < 1.29 is 27.5 Å². The summed E-state index contributed by atoms with van der Waals surface area (Å²) >= 11 is 0. The van der Waals surface area contributed by atoms with Crippen LogP contribution in [0.3, 0.4) is 0 Å². The van der Waals surface area contributed by atoms with Gasteiger partial charge < -0.3 is 4.74 Å². The molecule has 0 spiro atoms. The van der Waals surface area contributed by atoms with Crippen LogP contribution < -0.4 is 5.32 Å². The first-order valence-electron chi connectivity index (χ1n) is 5.80. The fraction of sp³-hybridized carbons (Fsp3) is 0.700. The van der Waals surface area contributed by atoms with E-state index in [1.807, 2.05) is 0 Å². The molecule has 1 aliphatic rings. The highest BCUT2D eigenvalue weighted by molar-refractivity contribution is 7.89. The van der Waals surface area contributed by atoms with Gasteiger partial charge in [-0.25, -0.2) is 8.42 Å². The second kappa shape index (κ2) is 6.11. The Hall–Kier alpha value is -1.48. The molecule has 0 aromatic heterocycles. The van der Waals surface area contributed by atoms with Crippen molar-refractivity contribution in [3.63, 3.8) is 0 Å². The lowest BCUT2D eigenvalue weighted by Gasteiger charge is -2.31. The third-order valence-corrected chi connectivity index (χ3v) is 4.26. The van der Waals surface area contributed by atoms with E-state index in [-0.39, 0.29) is 13.0 Å². The van der Waals surface area contributed by atoms with E-state index in [2.05, 4.69) is 10.1 Å². The predicted molar refractivity (Wildman–Crippen MR) is 64.4 cm³/mol. The van der Waals surface area contributed by atoms with Crippen molar-refractivity contribution in [2.75, 3.05) is 18.9 Å². The van der Waals surface area contributed by atoms with E-state index in [4.69, 9.17) is 0 Å². The van der Waals surface area contributed by atoms with E-state index in [0.717, 1.165) is 4.31 Å². The number of esters is 1. The average molecular weight is 292 g/mol. The molecule has 1 rings (SSSR count). The molecule has 108 valence electrons. The van der Waals surface area contributed by atoms with E-state index in [9.17, 15) is 22.8 Å². The number of carbonyl (C=O) groups is 3. The zero-order valence-electron chi connectivity index (χ0n) is 10.7. The zero-order valence-corrected chi connectivity index (χ0v) is 11.5. The van der Waals surface area contributed by atoms with Crippen molar-refractivity contribution >= 4 is 27.8 Å². The molecule has 1 N–H and O–H groups in total. The van der Waals surface area contributed by atoms with Crippen molar-refractivity contribution in [2.45, 2.75) is 26.3 Å². The predicted octanol–water partition coefficient (Wildman–Crippen LogP) is -1.38. The Morgan fingerprint density at radius 3 is 2.58 bits per heavy atom. The highest BCUT2D eigenvalue weighted by Crippen LogP contribution is 2.15. The summed E-state index contributed by atoms with van der Waals surface area (Å²) in [5.74, 6) is -3.16. The molecule has 1 unspecified atom stereocenters. The van der Waals surface area contributed by atoms with E-state index in [0.29, 0.717) is 0 Å². The van der Waals surface area contributed by atoms with Gasteiger partial charge in [0.1, 0.15) is 6.04 Å². The zero-order chi connectivity index (χ0) is 14.6. The molecular formula is C10H16N2O6S. The molecular weight excluding hydrogens is 276 g/mol. The number of nitrogens with zero attached hydrogens (tertiary/aromatic N) is 1. The maximum Gasteiger partial charge on any atom is 0.322 e. The first kappa shape index (κ1) is 15.6. The summed E-state index contributed by atoms with van der Waals surface area (Å²) in [6.45, 7) is 2.77. The number of rotatable bonds is 5. The SMILES string of the molecule is CCOC(=O)CS(=O)(=O)N1CC(=O)NC(=O)C1CC. The average Bonchev–Trinajstić information content (AvgIpc) is 2.27. The molecule has 2 amide bonds. The quantitative estimate of drug-likeness (QED) is 0.494. The molecule has 0 aromatic rings. The number of nitrogens with one attached hydrogen (secondary N) is 1. The fourth-order valence-corrected chi connectivity index (χ4v) is 3.25. The second-order valence-corrected chi connectivity index (χ2v) is 5.86. The Morgan fingerprint density at radius 2 is 2.05 bits per heavy atom. The minimum atomic E-state index is -4.05. The van der Waals surface area contributed by atoms with E-state index in [1.54, 1.807) is 13.8 Å². The first-order chi connectivity index (χ1) is 8.81. The van der Waals surface area contributed by atoms with Gasteiger partial charge in [-0.2, -0.15) is 4.31 Å². The third-order valence-electron chi connectivity index (χ3n) is 2.56. The molecule has 1 fully saturated rings. The smallest absolute Gasteiger partial charge is 0.322 e. The van der Waals surface area contributed by atoms with Crippen LogP contribution in [-0.2, 0) is 29.1 Å². The number of sulfonamides is 1. The highest BCUT2D eigenvalue weighted by atomic mass is 32.2. The van der Waals surface area contributed by atoms with Crippen LogP contribution in [0.5, 0.6) is 0 Å². The summed E-state index contributed by atoms with van der Waals surface area (Å²) < 4.78 is 29.4. The van der Waals surface area contributed by atoms with E-state index < -0.39 is 46.1 Å². The van der Waals surface area contributed by atoms with Gasteiger partial charge in [-0.15, -0.1) is 0 Å². The largest absolute Gasteiger partial charge is 0.465 e. The van der Waals surface area contributed by atoms with Gasteiger partial charge in [0.25, 0.3) is 0 Å². The maximum absolute atomic E-state index is 12.0. The second-order valence-electron chi connectivity index (χ2n) is 3.94. The Kier molecular flexibility index (Phi) is 5.01. The molecule has 0 aliphatic carbocycles. The summed E-state index contributed by atoms with van der Waals surface area (Å²) in [6, 6.07) is -0.975. The molecule has 1 heterocycles. The van der Waals surface area contributed by atoms with Crippen LogP contribution in [0.15, 0.2) is 0 Å². The van der Waals surface area contributed by atoms with Gasteiger partial charge in [-0.3, -0.25) is 19.7 Å². The van der Waals surface area contributed by atoms with Crippen LogP contribution in [0.1, 0.15) is 20.3 Å². The van der Waals surface area contributed by atoms with Crippen LogP contribution >= 0.6 is 0 Å². The fourth-order valence-electron chi connectivity index (χ4n) is 1.76. The first-order valence-corrected chi connectivity index (χ1v) is 7.41. The Bertz CT molecular complexity index is 486. The summed E-state index contributed by atoms with van der Waals surface area (Å²) in [6.07, 6.45) is 0.209. The Morgan fingerprint density at radius 1 is 1.42 bits per heavy atom. The van der Waals surface area contributed by atoms with Gasteiger partial charge in [0.2, 0.25) is 21.8 Å². The van der Waals surface area contributed by atoms with Crippen LogP contribution in [0.25, 0.3) is 0 Å². The molecule has 0 aromatic carbocycles. The topological polar surface area (TPSA) is 110 Å². The van der Waals surface area contributed by atoms with Gasteiger partial charge in [0.15, 0.2) is 5.75 Å². The lowest BCUT2D eigenvalue weighted by atomic mass is 10.2. The number of hydrogen-bond donors (Lipinski definition) is 1. The molecule has 19 heavy (non-hydrogen) atoms. The molecule has 0 bridgehead atoms. The molecule has 1 atom stereocenters. The molecule has 8 nitrogen and oxygen atoms in total. The van der Waals surface area contributed by atoms with Crippen molar-refractivity contribution in [1.29, 1.82) is 0 Å². The molecule has 1 saturated heterocycles. The van der Waals surface area contributed by atoms with Crippen molar-refractivity contribution in [1.82, 2.24) is 9.62 Å². The van der Waals surface area contributed by atoms with Gasteiger partial charge in [-0.05, 0) is 13.3 Å². The highest BCUT2D eigenvalue weighted by Gasteiger charge is 2.40. The number of ether oxygens (including phenoxy) is 1. The molecule has 1 aliphatic heterocycles. The van der Waals surface area contributed by atoms with Gasteiger partial charge in [-0.1, -0.05) is 6.92 Å². The normalized spacial score (nSPS) is 21.1. The summed E-state index contributed by atoms with van der Waals surface area (Å²) in [5.41, 5.74) is 0. The molecule has 9 heteroatoms. The van der Waals surface area contributed by atoms with Crippen molar-refractivity contribution in [2.24, 2.45) is 0 Å². The van der Waals surface area contributed by atoms with Gasteiger partial charge in [0, 0.05) is 0 Å². The number of imide groups is 1. The van der Waals surface area contributed by atoms with Gasteiger partial charge >= 0.3 is 5.97 Å². The lowest BCUT2D eigenvalue weighted by molar-refractivity contribution is -0.141. The number of piperazine rings is 1. The summed E-state index contributed by atoms with van der Waals surface area (Å²) in [7, 11) is -4.05. The summed E-state index contributed by atoms with van der Waals surface area (Å²) in [5, 5.41) is 2.06. The lowest BCUT2D eigenvalue weighted by Crippen LogP contribution is -2.60. The Balaban J connectivity index is 2.93. The molecule has 0 saturated carbocycles. The minimum Gasteiger partial charge on any atom is -0.465 e. The van der Waals surface area contributed by atoms with E-state index >= 15 is 0 Å². The van der Waals surface area contributed by atoms with Crippen LogP contribution in [-0.4, -0.2) is 55.5 Å². The maximum atomic E-state index is 12.0. The standard InChI is InChI=1S/C10H16N2O6S/c1-3-7-10(15)11-8(13)5-12(7)19(16,17)6-9(14)18-4-2/h7H,3-6H2,1-2H3,(H,11,13,15). The molecule has 0 radical (unpaired) electrons. The third kappa shape index (κ3) is 3.74. The van der Waals surface area contributed by atoms with Crippen LogP contribution in [0, 0.1) is 0 Å². The summed E-state index contributed by atoms with van der Waals surface area (Å²) in [4.78, 5) is 34.0. The monoisotopic (exact) mass is 292 g/mol. The van der Waals surface area contributed by atoms with E-state index in [1.165, 1.54) is 0 Å². The van der Waals surface area contributed by atoms with Crippen molar-refractivity contribution in [3.8, 4) is 0 Å². The van der Waals surface area contributed by atoms with Crippen LogP contribution in [0.2, 0.25) is 0 Å². The van der Waals surface area contributed by atoms with Crippen molar-refractivity contribution in [3.05, 3.63) is 0 Å². The number of carbonyl (C=O) groups excluding carboxylic acids is 3. The minimum absolute atomic E-state index is 0.0605.